The van der Waals surface area contributed by atoms with Gasteiger partial charge in [0.2, 0.25) is 10.0 Å². The number of alkyl halides is 3. The number of nitrogens with zero attached hydrogens (tertiary/aromatic N) is 2. The normalized spacial score (nSPS) is 17.7. The average Bonchev–Trinajstić information content (AvgIpc) is 3.08. The minimum atomic E-state index is -4.83. The smallest absolute Gasteiger partial charge is 0.207 e. The Balaban J connectivity index is 1.82. The summed E-state index contributed by atoms with van der Waals surface area (Å²) in [5, 5.41) is 0. The lowest BCUT2D eigenvalue weighted by atomic mass is 10.2. The molecular formula is C15H14ClF3N2O4S3. The number of rotatable bonds is 4. The van der Waals surface area contributed by atoms with E-state index in [0.717, 1.165) is 32.1 Å². The molecule has 0 bridgehead atoms. The Bertz CT molecular complexity index is 1080. The molecule has 1 saturated heterocycles. The highest BCUT2D eigenvalue weighted by Crippen LogP contribution is 2.35. The Morgan fingerprint density at radius 2 is 1.39 bits per heavy atom. The molecular weight excluding hydrogens is 461 g/mol. The van der Waals surface area contributed by atoms with Gasteiger partial charge in [0, 0.05) is 26.2 Å². The summed E-state index contributed by atoms with van der Waals surface area (Å²) in [6, 6.07) is 6.71. The SMILES string of the molecule is O=S(=O)(c1ccc(Cl)s1)N1CCN(S(=O)(=O)c2ccccc2C(F)(F)F)CC1. The van der Waals surface area contributed by atoms with Crippen LogP contribution in [0.1, 0.15) is 5.56 Å². The lowest BCUT2D eigenvalue weighted by Gasteiger charge is -2.33. The summed E-state index contributed by atoms with van der Waals surface area (Å²) in [6.45, 7) is -0.865. The molecule has 0 radical (unpaired) electrons. The lowest BCUT2D eigenvalue weighted by Crippen LogP contribution is -2.50. The maximum Gasteiger partial charge on any atom is 0.417 e. The summed E-state index contributed by atoms with van der Waals surface area (Å²) < 4.78 is 92.4. The van der Waals surface area contributed by atoms with E-state index in [1.165, 1.54) is 18.2 Å². The van der Waals surface area contributed by atoms with Gasteiger partial charge in [0.05, 0.1) is 14.8 Å². The number of benzene rings is 1. The third kappa shape index (κ3) is 4.07. The van der Waals surface area contributed by atoms with Crippen LogP contribution < -0.4 is 0 Å². The number of sulfonamides is 2. The summed E-state index contributed by atoms with van der Waals surface area (Å²) in [7, 11) is -8.27. The largest absolute Gasteiger partial charge is 0.417 e. The zero-order chi connectivity index (χ0) is 20.7. The van der Waals surface area contributed by atoms with E-state index in [-0.39, 0.29) is 30.4 Å². The minimum Gasteiger partial charge on any atom is -0.207 e. The van der Waals surface area contributed by atoms with Gasteiger partial charge in [-0.15, -0.1) is 11.3 Å². The van der Waals surface area contributed by atoms with Gasteiger partial charge in [-0.05, 0) is 24.3 Å². The first-order chi connectivity index (χ1) is 12.9. The van der Waals surface area contributed by atoms with E-state index in [1.54, 1.807) is 0 Å². The van der Waals surface area contributed by atoms with Gasteiger partial charge < -0.3 is 0 Å². The Labute approximate surface area is 169 Å². The van der Waals surface area contributed by atoms with E-state index in [4.69, 9.17) is 11.6 Å². The molecule has 1 aliphatic rings. The number of thiophene rings is 1. The molecule has 0 N–H and O–H groups in total. The standard InChI is InChI=1S/C15H14ClF3N2O4S3/c16-13-5-6-14(26-13)28(24,25)21-9-7-20(8-10-21)27(22,23)12-4-2-1-3-11(12)15(17,18)19/h1-6H,7-10H2. The van der Waals surface area contributed by atoms with E-state index in [2.05, 4.69) is 0 Å². The first-order valence-electron chi connectivity index (χ1n) is 7.86. The van der Waals surface area contributed by atoms with Gasteiger partial charge in [-0.25, -0.2) is 16.8 Å². The highest BCUT2D eigenvalue weighted by atomic mass is 35.5. The predicted molar refractivity (Wildman–Crippen MR) is 98.3 cm³/mol. The van der Waals surface area contributed by atoms with E-state index in [1.807, 2.05) is 0 Å². The van der Waals surface area contributed by atoms with Crippen LogP contribution in [0.5, 0.6) is 0 Å². The number of piperazine rings is 1. The fourth-order valence-electron chi connectivity index (χ4n) is 2.78. The first-order valence-corrected chi connectivity index (χ1v) is 11.9. The second kappa shape index (κ2) is 7.58. The predicted octanol–water partition coefficient (Wildman–Crippen LogP) is 3.12. The lowest BCUT2D eigenvalue weighted by molar-refractivity contribution is -0.139. The average molecular weight is 475 g/mol. The van der Waals surface area contributed by atoms with Crippen LogP contribution in [0.3, 0.4) is 0 Å². The van der Waals surface area contributed by atoms with Crippen molar-refractivity contribution in [1.82, 2.24) is 8.61 Å². The molecule has 2 aromatic rings. The summed E-state index contributed by atoms with van der Waals surface area (Å²) in [4.78, 5) is -0.844. The minimum absolute atomic E-state index is 0.0243. The molecule has 0 atom stereocenters. The van der Waals surface area contributed by atoms with Crippen molar-refractivity contribution in [3.8, 4) is 0 Å². The second-order valence-corrected chi connectivity index (χ2v) is 11.6. The van der Waals surface area contributed by atoms with E-state index >= 15 is 0 Å². The molecule has 1 aromatic carbocycles. The van der Waals surface area contributed by atoms with E-state index in [9.17, 15) is 30.0 Å². The van der Waals surface area contributed by atoms with Crippen molar-refractivity contribution in [2.75, 3.05) is 26.2 Å². The molecule has 0 unspecified atom stereocenters. The van der Waals surface area contributed by atoms with Gasteiger partial charge in [0.15, 0.2) is 0 Å². The van der Waals surface area contributed by atoms with Crippen LogP contribution in [0.2, 0.25) is 4.34 Å². The Kier molecular flexibility index (Phi) is 5.82. The van der Waals surface area contributed by atoms with Crippen molar-refractivity contribution in [3.05, 3.63) is 46.3 Å². The number of hydrogen-bond acceptors (Lipinski definition) is 5. The maximum absolute atomic E-state index is 13.2. The van der Waals surface area contributed by atoms with Gasteiger partial charge in [-0.2, -0.15) is 21.8 Å². The fourth-order valence-corrected chi connectivity index (χ4v) is 7.47. The van der Waals surface area contributed by atoms with Gasteiger partial charge in [-0.1, -0.05) is 23.7 Å². The van der Waals surface area contributed by atoms with Gasteiger partial charge in [0.25, 0.3) is 10.0 Å². The van der Waals surface area contributed by atoms with Crippen LogP contribution in [0.25, 0.3) is 0 Å². The van der Waals surface area contributed by atoms with Crippen molar-refractivity contribution < 1.29 is 30.0 Å². The number of halogens is 4. The molecule has 28 heavy (non-hydrogen) atoms. The topological polar surface area (TPSA) is 74.8 Å². The number of hydrogen-bond donors (Lipinski definition) is 0. The molecule has 0 aliphatic carbocycles. The molecule has 0 saturated carbocycles. The molecule has 1 fully saturated rings. The van der Waals surface area contributed by atoms with Crippen molar-refractivity contribution in [2.24, 2.45) is 0 Å². The molecule has 2 heterocycles. The van der Waals surface area contributed by atoms with Crippen LogP contribution in [-0.4, -0.2) is 51.6 Å². The Morgan fingerprint density at radius 3 is 1.89 bits per heavy atom. The van der Waals surface area contributed by atoms with Crippen molar-refractivity contribution >= 4 is 43.0 Å². The second-order valence-electron chi connectivity index (χ2n) is 5.86. The van der Waals surface area contributed by atoms with Gasteiger partial charge >= 0.3 is 6.18 Å². The van der Waals surface area contributed by atoms with Crippen molar-refractivity contribution in [1.29, 1.82) is 0 Å². The van der Waals surface area contributed by atoms with Gasteiger partial charge in [0.1, 0.15) is 4.21 Å². The highest BCUT2D eigenvalue weighted by molar-refractivity contribution is 7.91. The van der Waals surface area contributed by atoms with Crippen LogP contribution in [0, 0.1) is 0 Å². The molecule has 0 amide bonds. The summed E-state index contributed by atoms with van der Waals surface area (Å²) >= 11 is 6.64. The van der Waals surface area contributed by atoms with Crippen LogP contribution in [-0.2, 0) is 26.2 Å². The Morgan fingerprint density at radius 1 is 0.857 bits per heavy atom. The van der Waals surface area contributed by atoms with E-state index < -0.39 is 36.7 Å². The summed E-state index contributed by atoms with van der Waals surface area (Å²) in [5.74, 6) is 0. The van der Waals surface area contributed by atoms with Crippen molar-refractivity contribution in [3.63, 3.8) is 0 Å². The zero-order valence-electron chi connectivity index (χ0n) is 14.1. The van der Waals surface area contributed by atoms with Crippen LogP contribution in [0.15, 0.2) is 45.5 Å². The van der Waals surface area contributed by atoms with Gasteiger partial charge in [-0.3, -0.25) is 0 Å². The summed E-state index contributed by atoms with van der Waals surface area (Å²) in [5.41, 5.74) is -1.25. The molecule has 154 valence electrons. The summed E-state index contributed by atoms with van der Waals surface area (Å²) in [6.07, 6.45) is -4.83. The third-order valence-electron chi connectivity index (χ3n) is 4.15. The zero-order valence-corrected chi connectivity index (χ0v) is 17.3. The first kappa shape index (κ1) is 21.5. The fraction of sp³-hybridized carbons (Fsp3) is 0.333. The molecule has 13 heteroatoms. The molecule has 0 spiro atoms. The molecule has 1 aliphatic heterocycles. The highest BCUT2D eigenvalue weighted by Gasteiger charge is 2.40. The van der Waals surface area contributed by atoms with Crippen LogP contribution in [0.4, 0.5) is 13.2 Å². The monoisotopic (exact) mass is 474 g/mol. The molecule has 3 rings (SSSR count). The van der Waals surface area contributed by atoms with Crippen LogP contribution >= 0.6 is 22.9 Å². The molecule has 1 aromatic heterocycles. The maximum atomic E-state index is 13.2. The Hall–Kier alpha value is -1.18. The van der Waals surface area contributed by atoms with E-state index in [0.29, 0.717) is 10.4 Å². The third-order valence-corrected chi connectivity index (χ3v) is 9.70. The van der Waals surface area contributed by atoms with Crippen molar-refractivity contribution in [2.45, 2.75) is 15.3 Å². The quantitative estimate of drug-likeness (QED) is 0.682. The molecule has 6 nitrogen and oxygen atoms in total.